The summed E-state index contributed by atoms with van der Waals surface area (Å²) in [5, 5.41) is 0. The molecule has 0 N–H and O–H groups in total. The molecule has 0 aliphatic rings. The number of rotatable bonds is 6. The summed E-state index contributed by atoms with van der Waals surface area (Å²) in [4.78, 5) is 0. The maximum absolute atomic E-state index is 2.26. The largest absolute Gasteiger partial charge is 0.120 e. The van der Waals surface area contributed by atoms with Crippen LogP contribution in [0.4, 0.5) is 0 Å². The molecule has 0 saturated heterocycles. The average Bonchev–Trinajstić information content (AvgIpc) is 1.89. The third kappa shape index (κ3) is 8.06. The van der Waals surface area contributed by atoms with Crippen molar-refractivity contribution in [2.75, 3.05) is 0 Å². The van der Waals surface area contributed by atoms with E-state index in [1.54, 1.807) is 0 Å². The molecule has 0 rings (SSSR count). The van der Waals surface area contributed by atoms with Crippen molar-refractivity contribution < 1.29 is 0 Å². The highest BCUT2D eigenvalue weighted by atomic mass is 13.8. The van der Waals surface area contributed by atoms with E-state index in [0.717, 1.165) is 0 Å². The summed E-state index contributed by atoms with van der Waals surface area (Å²) in [6.07, 6.45) is 8.51. The molecule has 9 heavy (non-hydrogen) atoms. The molecule has 0 nitrogen and oxygen atoms in total. The van der Waals surface area contributed by atoms with Gasteiger partial charge in [0.05, 0.1) is 0 Å². The summed E-state index contributed by atoms with van der Waals surface area (Å²) in [5.41, 5.74) is 0. The van der Waals surface area contributed by atoms with Crippen molar-refractivity contribution in [3.8, 4) is 0 Å². The molecule has 0 unspecified atom stereocenters. The third-order valence-corrected chi connectivity index (χ3v) is 1.71. The van der Waals surface area contributed by atoms with E-state index >= 15 is 0 Å². The van der Waals surface area contributed by atoms with E-state index in [1.807, 2.05) is 0 Å². The summed E-state index contributed by atoms with van der Waals surface area (Å²) in [5.74, 6) is 0. The summed E-state index contributed by atoms with van der Waals surface area (Å²) in [7, 11) is 1.46. The van der Waals surface area contributed by atoms with Crippen LogP contribution >= 0.6 is 0 Å². The summed E-state index contributed by atoms with van der Waals surface area (Å²) < 4.78 is 0. The van der Waals surface area contributed by atoms with E-state index in [-0.39, 0.29) is 0 Å². The van der Waals surface area contributed by atoms with Gasteiger partial charge in [-0.2, -0.15) is 0 Å². The molecule has 0 bridgehead atoms. The van der Waals surface area contributed by atoms with Gasteiger partial charge in [0.1, 0.15) is 7.28 Å². The highest BCUT2D eigenvalue weighted by Crippen LogP contribution is 1.99. The topological polar surface area (TPSA) is 0 Å². The molecule has 0 amide bonds. The van der Waals surface area contributed by atoms with Gasteiger partial charge in [-0.1, -0.05) is 52.2 Å². The third-order valence-electron chi connectivity index (χ3n) is 1.71. The van der Waals surface area contributed by atoms with Crippen LogP contribution in [0, 0.1) is 0 Å². The molecule has 0 heterocycles. The Morgan fingerprint density at radius 1 is 0.889 bits per heavy atom. The second-order valence-corrected chi connectivity index (χ2v) is 2.77. The van der Waals surface area contributed by atoms with Gasteiger partial charge in [0.2, 0.25) is 0 Å². The van der Waals surface area contributed by atoms with Gasteiger partial charge >= 0.3 is 0 Å². The van der Waals surface area contributed by atoms with Crippen LogP contribution in [0.25, 0.3) is 0 Å². The van der Waals surface area contributed by atoms with Crippen molar-refractivity contribution in [3.63, 3.8) is 0 Å². The Bertz CT molecular complexity index is 37.8. The second kappa shape index (κ2) is 8.06. The zero-order chi connectivity index (χ0) is 6.95. The van der Waals surface area contributed by atoms with Gasteiger partial charge in [-0.3, -0.25) is 0 Å². The minimum Gasteiger partial charge on any atom is -0.0774 e. The number of hydrogen-bond donors (Lipinski definition) is 0. The highest BCUT2D eigenvalue weighted by molar-refractivity contribution is 6.35. The average molecular weight is 126 g/mol. The van der Waals surface area contributed by atoms with E-state index in [9.17, 15) is 0 Å². The van der Waals surface area contributed by atoms with Crippen LogP contribution in [0.5, 0.6) is 0 Å². The van der Waals surface area contributed by atoms with Crippen LogP contribution < -0.4 is 0 Å². The fourth-order valence-corrected chi connectivity index (χ4v) is 1.03. The van der Waals surface area contributed by atoms with Gasteiger partial charge < -0.3 is 0 Å². The Balaban J connectivity index is 2.60. The van der Waals surface area contributed by atoms with Gasteiger partial charge in [-0.05, 0) is 0 Å². The van der Waals surface area contributed by atoms with Gasteiger partial charge in [-0.15, -0.1) is 0 Å². The van der Waals surface area contributed by atoms with Gasteiger partial charge in [0, 0.05) is 0 Å². The number of hydrogen-bond acceptors (Lipinski definition) is 0. The monoisotopic (exact) mass is 126 g/mol. The fraction of sp³-hybridized carbons (Fsp3) is 1.00. The number of unbranched alkanes of at least 4 members (excludes halogenated alkanes) is 2. The lowest BCUT2D eigenvalue weighted by Crippen LogP contribution is -1.87. The molecular formula is C8H19B. The van der Waals surface area contributed by atoms with Crippen LogP contribution in [-0.4, -0.2) is 7.28 Å². The lowest BCUT2D eigenvalue weighted by Gasteiger charge is -1.93. The minimum atomic E-state index is 1.37. The van der Waals surface area contributed by atoms with Crippen molar-refractivity contribution in [2.45, 2.75) is 52.2 Å². The van der Waals surface area contributed by atoms with Gasteiger partial charge in [0.15, 0.2) is 0 Å². The van der Waals surface area contributed by atoms with Gasteiger partial charge in [-0.25, -0.2) is 0 Å². The lowest BCUT2D eigenvalue weighted by molar-refractivity contribution is 0.851. The molecule has 0 aromatic rings. The van der Waals surface area contributed by atoms with Crippen LogP contribution in [0.1, 0.15) is 39.5 Å². The first-order valence-electron chi connectivity index (χ1n) is 4.41. The Morgan fingerprint density at radius 3 is 1.67 bits per heavy atom. The Morgan fingerprint density at radius 2 is 1.33 bits per heavy atom. The molecule has 0 aromatic carbocycles. The van der Waals surface area contributed by atoms with Crippen LogP contribution in [-0.2, 0) is 0 Å². The summed E-state index contributed by atoms with van der Waals surface area (Å²) >= 11 is 0. The van der Waals surface area contributed by atoms with Crippen molar-refractivity contribution in [3.05, 3.63) is 0 Å². The van der Waals surface area contributed by atoms with Crippen LogP contribution in [0.3, 0.4) is 0 Å². The normalized spacial score (nSPS) is 9.56. The van der Waals surface area contributed by atoms with E-state index in [4.69, 9.17) is 0 Å². The second-order valence-electron chi connectivity index (χ2n) is 2.77. The molecule has 0 atom stereocenters. The van der Waals surface area contributed by atoms with Gasteiger partial charge in [0.25, 0.3) is 0 Å². The van der Waals surface area contributed by atoms with Crippen molar-refractivity contribution >= 4 is 7.28 Å². The first-order valence-corrected chi connectivity index (χ1v) is 4.41. The van der Waals surface area contributed by atoms with Crippen molar-refractivity contribution in [1.29, 1.82) is 0 Å². The van der Waals surface area contributed by atoms with Crippen LogP contribution in [0.15, 0.2) is 0 Å². The summed E-state index contributed by atoms with van der Waals surface area (Å²) in [6.45, 7) is 4.53. The first-order chi connectivity index (χ1) is 4.41. The molecule has 0 saturated carbocycles. The molecular weight excluding hydrogens is 107 g/mol. The molecule has 54 valence electrons. The van der Waals surface area contributed by atoms with E-state index in [2.05, 4.69) is 13.8 Å². The lowest BCUT2D eigenvalue weighted by atomic mass is 9.68. The van der Waals surface area contributed by atoms with Crippen molar-refractivity contribution in [2.24, 2.45) is 0 Å². The molecule has 0 fully saturated rings. The van der Waals surface area contributed by atoms with Crippen LogP contribution in [0.2, 0.25) is 12.6 Å². The smallest absolute Gasteiger partial charge is 0.0774 e. The Kier molecular flexibility index (Phi) is 8.12. The zero-order valence-electron chi connectivity index (χ0n) is 6.95. The Labute approximate surface area is 60.3 Å². The zero-order valence-corrected chi connectivity index (χ0v) is 6.95. The maximum atomic E-state index is 2.26. The predicted octanol–water partition coefficient (Wildman–Crippen LogP) is 2.86. The molecule has 0 radical (unpaired) electrons. The minimum absolute atomic E-state index is 1.37. The Hall–Kier alpha value is 0.0649. The SMILES string of the molecule is CCCCBCCCC. The first kappa shape index (κ1) is 9.06. The standard InChI is InChI=1S/C8H19B/c1-3-5-7-9-8-6-4-2/h9H,3-8H2,1-2H3. The predicted molar refractivity (Wildman–Crippen MR) is 46.6 cm³/mol. The summed E-state index contributed by atoms with van der Waals surface area (Å²) in [6, 6.07) is 0. The van der Waals surface area contributed by atoms with E-state index in [1.165, 1.54) is 45.6 Å². The maximum Gasteiger partial charge on any atom is 0.120 e. The quantitative estimate of drug-likeness (QED) is 0.379. The molecule has 1 heteroatoms. The van der Waals surface area contributed by atoms with E-state index in [0.29, 0.717) is 0 Å². The van der Waals surface area contributed by atoms with E-state index < -0.39 is 0 Å². The highest BCUT2D eigenvalue weighted by Gasteiger charge is 1.88. The molecule has 0 aliphatic carbocycles. The van der Waals surface area contributed by atoms with Crippen molar-refractivity contribution in [1.82, 2.24) is 0 Å². The molecule has 0 aromatic heterocycles. The molecule has 0 spiro atoms. The fourth-order valence-electron chi connectivity index (χ4n) is 1.03. The molecule has 0 aliphatic heterocycles.